The molecule has 3 fully saturated rings. The van der Waals surface area contributed by atoms with Crippen molar-refractivity contribution >= 4 is 5.91 Å². The first-order valence-electron chi connectivity index (χ1n) is 9.00. The molecule has 1 unspecified atom stereocenters. The first-order chi connectivity index (χ1) is 10.2. The molecule has 3 rings (SSSR count). The summed E-state index contributed by atoms with van der Waals surface area (Å²) in [5.41, 5.74) is -0.234. The van der Waals surface area contributed by atoms with Crippen molar-refractivity contribution < 1.29 is 4.79 Å². The molecule has 1 atom stereocenters. The number of carbonyl (C=O) groups is 1. The zero-order valence-electron chi connectivity index (χ0n) is 13.6. The molecule has 0 bridgehead atoms. The van der Waals surface area contributed by atoms with Crippen LogP contribution in [0.1, 0.15) is 51.9 Å². The minimum absolute atomic E-state index is 0.234. The van der Waals surface area contributed by atoms with E-state index in [1.807, 2.05) is 0 Å². The van der Waals surface area contributed by atoms with Crippen LogP contribution in [0.25, 0.3) is 0 Å². The van der Waals surface area contributed by atoms with Crippen LogP contribution in [0, 0.1) is 5.92 Å². The molecule has 120 valence electrons. The third kappa shape index (κ3) is 3.26. The summed E-state index contributed by atoms with van der Waals surface area (Å²) in [6, 6.07) is 0. The highest BCUT2D eigenvalue weighted by Crippen LogP contribution is 2.28. The van der Waals surface area contributed by atoms with Gasteiger partial charge in [0, 0.05) is 19.6 Å². The number of likely N-dealkylation sites (tertiary alicyclic amines) is 2. The number of rotatable bonds is 4. The van der Waals surface area contributed by atoms with Crippen molar-refractivity contribution in [2.24, 2.45) is 5.92 Å². The van der Waals surface area contributed by atoms with Crippen LogP contribution in [-0.2, 0) is 4.79 Å². The van der Waals surface area contributed by atoms with Gasteiger partial charge in [0.25, 0.3) is 0 Å². The van der Waals surface area contributed by atoms with Crippen LogP contribution < -0.4 is 5.32 Å². The summed E-state index contributed by atoms with van der Waals surface area (Å²) in [4.78, 5) is 17.6. The van der Waals surface area contributed by atoms with Crippen molar-refractivity contribution in [1.29, 1.82) is 0 Å². The lowest BCUT2D eigenvalue weighted by Gasteiger charge is -2.39. The summed E-state index contributed by atoms with van der Waals surface area (Å²) in [7, 11) is 0. The number of hydrogen-bond acceptors (Lipinski definition) is 3. The molecular weight excluding hydrogens is 262 g/mol. The van der Waals surface area contributed by atoms with Gasteiger partial charge in [0.15, 0.2) is 0 Å². The first-order valence-corrected chi connectivity index (χ1v) is 9.00. The topological polar surface area (TPSA) is 35.6 Å². The average Bonchev–Trinajstić information content (AvgIpc) is 3.19. The van der Waals surface area contributed by atoms with Crippen LogP contribution in [0.4, 0.5) is 0 Å². The van der Waals surface area contributed by atoms with Crippen LogP contribution in [0.15, 0.2) is 0 Å². The van der Waals surface area contributed by atoms with Gasteiger partial charge in [-0.3, -0.25) is 4.79 Å². The SMILES string of the molecule is CCC1(C(=O)N2CCC(CN3CCCC3)CC2)CCCN1. The second-order valence-electron chi connectivity index (χ2n) is 7.21. The molecule has 0 spiro atoms. The van der Waals surface area contributed by atoms with E-state index in [1.54, 1.807) is 0 Å². The lowest BCUT2D eigenvalue weighted by Crippen LogP contribution is -2.56. The van der Waals surface area contributed by atoms with Gasteiger partial charge in [-0.1, -0.05) is 6.92 Å². The Hall–Kier alpha value is -0.610. The Morgan fingerprint density at radius 2 is 1.86 bits per heavy atom. The second-order valence-corrected chi connectivity index (χ2v) is 7.21. The van der Waals surface area contributed by atoms with E-state index in [9.17, 15) is 4.79 Å². The van der Waals surface area contributed by atoms with Gasteiger partial charge in [0.1, 0.15) is 0 Å². The summed E-state index contributed by atoms with van der Waals surface area (Å²) in [6.07, 6.45) is 8.24. The summed E-state index contributed by atoms with van der Waals surface area (Å²) >= 11 is 0. The molecule has 3 saturated heterocycles. The second kappa shape index (κ2) is 6.66. The minimum atomic E-state index is -0.234. The minimum Gasteiger partial charge on any atom is -0.341 e. The van der Waals surface area contributed by atoms with E-state index in [0.29, 0.717) is 5.91 Å². The Bertz CT molecular complexity index is 351. The van der Waals surface area contributed by atoms with Crippen LogP contribution >= 0.6 is 0 Å². The van der Waals surface area contributed by atoms with E-state index in [0.717, 1.165) is 44.8 Å². The molecule has 0 aromatic rings. The van der Waals surface area contributed by atoms with Gasteiger partial charge in [-0.25, -0.2) is 0 Å². The van der Waals surface area contributed by atoms with Gasteiger partial charge in [0.05, 0.1) is 5.54 Å². The normalized spacial score (nSPS) is 32.0. The fourth-order valence-electron chi connectivity index (χ4n) is 4.39. The van der Waals surface area contributed by atoms with Crippen molar-refractivity contribution in [1.82, 2.24) is 15.1 Å². The maximum atomic E-state index is 12.9. The molecule has 0 aromatic carbocycles. The Morgan fingerprint density at radius 1 is 1.14 bits per heavy atom. The maximum Gasteiger partial charge on any atom is 0.242 e. The lowest BCUT2D eigenvalue weighted by molar-refractivity contribution is -0.139. The van der Waals surface area contributed by atoms with Gasteiger partial charge in [-0.2, -0.15) is 0 Å². The predicted molar refractivity (Wildman–Crippen MR) is 85.2 cm³/mol. The maximum absolute atomic E-state index is 12.9. The van der Waals surface area contributed by atoms with E-state index < -0.39 is 0 Å². The number of amides is 1. The Morgan fingerprint density at radius 3 is 2.43 bits per heavy atom. The first kappa shape index (κ1) is 15.3. The quantitative estimate of drug-likeness (QED) is 0.859. The number of nitrogens with one attached hydrogen (secondary N) is 1. The largest absolute Gasteiger partial charge is 0.341 e. The number of nitrogens with zero attached hydrogens (tertiary/aromatic N) is 2. The third-order valence-electron chi connectivity index (χ3n) is 5.87. The Kier molecular flexibility index (Phi) is 4.85. The molecule has 0 saturated carbocycles. The van der Waals surface area contributed by atoms with Gasteiger partial charge < -0.3 is 15.1 Å². The highest BCUT2D eigenvalue weighted by atomic mass is 16.2. The van der Waals surface area contributed by atoms with Crippen LogP contribution in [0.3, 0.4) is 0 Å². The van der Waals surface area contributed by atoms with E-state index in [2.05, 4.69) is 22.0 Å². The van der Waals surface area contributed by atoms with Gasteiger partial charge in [0.2, 0.25) is 5.91 Å². The van der Waals surface area contributed by atoms with Gasteiger partial charge in [-0.15, -0.1) is 0 Å². The molecule has 0 aromatic heterocycles. The molecule has 3 aliphatic heterocycles. The van der Waals surface area contributed by atoms with Crippen molar-refractivity contribution in [3.05, 3.63) is 0 Å². The summed E-state index contributed by atoms with van der Waals surface area (Å²) < 4.78 is 0. The molecule has 1 amide bonds. The Labute approximate surface area is 129 Å². The molecule has 1 N–H and O–H groups in total. The van der Waals surface area contributed by atoms with Crippen molar-refractivity contribution in [3.63, 3.8) is 0 Å². The monoisotopic (exact) mass is 293 g/mol. The Balaban J connectivity index is 1.49. The van der Waals surface area contributed by atoms with Crippen molar-refractivity contribution in [2.45, 2.75) is 57.4 Å². The average molecular weight is 293 g/mol. The van der Waals surface area contributed by atoms with Crippen molar-refractivity contribution in [2.75, 3.05) is 39.3 Å². The fourth-order valence-corrected chi connectivity index (χ4v) is 4.39. The molecule has 3 aliphatic rings. The smallest absolute Gasteiger partial charge is 0.242 e. The summed E-state index contributed by atoms with van der Waals surface area (Å²) in [6.45, 7) is 8.95. The highest BCUT2D eigenvalue weighted by Gasteiger charge is 2.42. The van der Waals surface area contributed by atoms with E-state index >= 15 is 0 Å². The molecule has 4 nitrogen and oxygen atoms in total. The van der Waals surface area contributed by atoms with E-state index in [1.165, 1.54) is 45.3 Å². The summed E-state index contributed by atoms with van der Waals surface area (Å²) in [5, 5.41) is 3.49. The summed E-state index contributed by atoms with van der Waals surface area (Å²) in [5.74, 6) is 1.18. The zero-order valence-corrected chi connectivity index (χ0v) is 13.6. The van der Waals surface area contributed by atoms with E-state index in [-0.39, 0.29) is 5.54 Å². The van der Waals surface area contributed by atoms with Gasteiger partial charge >= 0.3 is 0 Å². The van der Waals surface area contributed by atoms with Crippen LogP contribution in [0.5, 0.6) is 0 Å². The molecule has 4 heteroatoms. The molecular formula is C17H31N3O. The number of carbonyl (C=O) groups excluding carboxylic acids is 1. The molecule has 21 heavy (non-hydrogen) atoms. The number of piperidine rings is 1. The van der Waals surface area contributed by atoms with E-state index in [4.69, 9.17) is 0 Å². The number of hydrogen-bond donors (Lipinski definition) is 1. The van der Waals surface area contributed by atoms with Gasteiger partial charge in [-0.05, 0) is 70.5 Å². The molecule has 3 heterocycles. The highest BCUT2D eigenvalue weighted by molar-refractivity contribution is 5.86. The zero-order chi connectivity index (χ0) is 14.7. The van der Waals surface area contributed by atoms with Crippen LogP contribution in [-0.4, -0.2) is 60.5 Å². The van der Waals surface area contributed by atoms with Crippen molar-refractivity contribution in [3.8, 4) is 0 Å². The molecule has 0 aliphatic carbocycles. The van der Waals surface area contributed by atoms with Crippen LogP contribution in [0.2, 0.25) is 0 Å². The standard InChI is InChI=1S/C17H31N3O/c1-2-17(8-5-9-18-17)16(21)20-12-6-15(7-13-20)14-19-10-3-4-11-19/h15,18H,2-14H2,1H3. The fraction of sp³-hybridized carbons (Fsp3) is 0.941. The lowest BCUT2D eigenvalue weighted by atomic mass is 9.89. The molecule has 0 radical (unpaired) electrons. The predicted octanol–water partition coefficient (Wildman–Crippen LogP) is 1.85. The third-order valence-corrected chi connectivity index (χ3v) is 5.87.